The number of nitrogens with one attached hydrogen (secondary N) is 1. The summed E-state index contributed by atoms with van der Waals surface area (Å²) in [6.07, 6.45) is 4.24. The van der Waals surface area contributed by atoms with Gasteiger partial charge >= 0.3 is 5.97 Å². The molecule has 2 heterocycles. The maximum Gasteiger partial charge on any atom is 0.336 e. The number of imidazole rings is 1. The number of nitrogens with zero attached hydrogens (tertiary/aromatic N) is 2. The molecule has 1 fully saturated rings. The van der Waals surface area contributed by atoms with Crippen LogP contribution in [0, 0.1) is 12.8 Å². The van der Waals surface area contributed by atoms with E-state index in [-0.39, 0.29) is 28.9 Å². The Hall–Kier alpha value is -3.95. The molecule has 1 unspecified atom stereocenters. The molecule has 3 aromatic carbocycles. The summed E-state index contributed by atoms with van der Waals surface area (Å²) in [6.45, 7) is 9.60. The number of rotatable bonds is 14. The molecule has 0 aliphatic carbocycles. The van der Waals surface area contributed by atoms with Crippen molar-refractivity contribution in [1.82, 2.24) is 14.9 Å². The minimum atomic E-state index is -0.954. The summed E-state index contributed by atoms with van der Waals surface area (Å²) >= 11 is 1.22. The first-order chi connectivity index (χ1) is 22.2. The molecule has 9 heteroatoms. The van der Waals surface area contributed by atoms with E-state index in [0.29, 0.717) is 30.2 Å². The molecule has 0 bridgehead atoms. The van der Waals surface area contributed by atoms with Gasteiger partial charge in [0.2, 0.25) is 0 Å². The van der Waals surface area contributed by atoms with Gasteiger partial charge in [0.05, 0.1) is 28.0 Å². The molecule has 0 spiro atoms. The molecular weight excluding hydrogens is 598 g/mol. The maximum absolute atomic E-state index is 13.9. The Morgan fingerprint density at radius 3 is 2.57 bits per heavy atom. The zero-order chi connectivity index (χ0) is 32.8. The first-order valence-corrected chi connectivity index (χ1v) is 17.1. The molecule has 1 aromatic heterocycles. The number of carboxylic acid groups (broad SMARTS) is 1. The Bertz CT molecular complexity index is 1690. The Labute approximate surface area is 274 Å². The number of thioether (sulfide) groups is 1. The van der Waals surface area contributed by atoms with E-state index in [1.54, 1.807) is 12.1 Å². The highest BCUT2D eigenvalue weighted by Gasteiger charge is 2.34. The highest BCUT2D eigenvalue weighted by molar-refractivity contribution is 8.12. The second-order valence-electron chi connectivity index (χ2n) is 12.5. The van der Waals surface area contributed by atoms with Gasteiger partial charge in [-0.25, -0.2) is 9.78 Å². The number of hydrogen-bond donors (Lipinski definition) is 2. The van der Waals surface area contributed by atoms with E-state index < -0.39 is 5.97 Å². The van der Waals surface area contributed by atoms with Crippen LogP contribution >= 0.6 is 11.8 Å². The third-order valence-electron chi connectivity index (χ3n) is 8.60. The quantitative estimate of drug-likeness (QED) is 0.139. The van der Waals surface area contributed by atoms with Crippen LogP contribution in [0.5, 0.6) is 0 Å². The first kappa shape index (κ1) is 33.4. The van der Waals surface area contributed by atoms with Crippen LogP contribution in [0.4, 0.5) is 0 Å². The summed E-state index contributed by atoms with van der Waals surface area (Å²) in [5.41, 5.74) is 6.96. The van der Waals surface area contributed by atoms with Gasteiger partial charge < -0.3 is 19.7 Å². The topological polar surface area (TPSA) is 111 Å². The fourth-order valence-electron chi connectivity index (χ4n) is 6.46. The van der Waals surface area contributed by atoms with Crippen LogP contribution in [0.1, 0.15) is 84.1 Å². The van der Waals surface area contributed by atoms with Crippen molar-refractivity contribution in [2.75, 3.05) is 6.61 Å². The number of carbonyl (C=O) groups is 3. The number of aromatic carboxylic acids is 1. The lowest BCUT2D eigenvalue weighted by Gasteiger charge is -2.31. The number of fused-ring (bicyclic) bond motifs is 1. The SMILES string of the molecule is CCCc1nc2c(C)cc(C(=O)N[C@H](CC(C)C)C(SC=O)[C@@H]3CCCO3)cc2n1Cc1ccc(-c2ccccc2C(=O)O)cc1. The van der Waals surface area contributed by atoms with E-state index in [0.717, 1.165) is 71.3 Å². The molecule has 0 saturated carbocycles. The predicted molar refractivity (Wildman–Crippen MR) is 184 cm³/mol. The van der Waals surface area contributed by atoms with Gasteiger partial charge in [-0.1, -0.05) is 75.0 Å². The average Bonchev–Trinajstić information content (AvgIpc) is 3.69. The molecule has 5 rings (SSSR count). The third kappa shape index (κ3) is 7.53. The Balaban J connectivity index is 1.46. The number of aromatic nitrogens is 2. The average molecular weight is 642 g/mol. The Morgan fingerprint density at radius 2 is 1.91 bits per heavy atom. The lowest BCUT2D eigenvalue weighted by atomic mass is 9.96. The van der Waals surface area contributed by atoms with E-state index in [4.69, 9.17) is 9.72 Å². The number of carbonyl (C=O) groups excluding carboxylic acids is 2. The second kappa shape index (κ2) is 15.1. The van der Waals surface area contributed by atoms with Gasteiger partial charge in [0.15, 0.2) is 5.62 Å². The molecule has 1 saturated heterocycles. The minimum absolute atomic E-state index is 0.0644. The maximum atomic E-state index is 13.9. The molecular formula is C37H43N3O5S. The fraction of sp³-hybridized carbons (Fsp3) is 0.405. The van der Waals surface area contributed by atoms with E-state index in [1.165, 1.54) is 11.8 Å². The first-order valence-electron chi connectivity index (χ1n) is 16.1. The van der Waals surface area contributed by atoms with Gasteiger partial charge in [-0.15, -0.1) is 0 Å². The smallest absolute Gasteiger partial charge is 0.336 e. The second-order valence-corrected chi connectivity index (χ2v) is 13.5. The van der Waals surface area contributed by atoms with Crippen LogP contribution in [0.25, 0.3) is 22.2 Å². The monoisotopic (exact) mass is 641 g/mol. The molecule has 0 radical (unpaired) electrons. The fourth-order valence-corrected chi connectivity index (χ4v) is 7.35. The summed E-state index contributed by atoms with van der Waals surface area (Å²) in [6, 6.07) is 18.6. The van der Waals surface area contributed by atoms with Crippen molar-refractivity contribution in [3.05, 3.63) is 88.7 Å². The number of benzene rings is 3. The summed E-state index contributed by atoms with van der Waals surface area (Å²) in [7, 11) is 0. The highest BCUT2D eigenvalue weighted by atomic mass is 32.2. The van der Waals surface area contributed by atoms with Gasteiger partial charge in [-0.05, 0) is 79.0 Å². The molecule has 46 heavy (non-hydrogen) atoms. The lowest BCUT2D eigenvalue weighted by molar-refractivity contribution is 0.0697. The molecule has 242 valence electrons. The van der Waals surface area contributed by atoms with Crippen molar-refractivity contribution >= 4 is 40.3 Å². The van der Waals surface area contributed by atoms with Crippen LogP contribution in [-0.2, 0) is 22.5 Å². The summed E-state index contributed by atoms with van der Waals surface area (Å²) in [5, 5.41) is 12.8. The molecule has 1 amide bonds. The highest BCUT2D eigenvalue weighted by Crippen LogP contribution is 2.30. The van der Waals surface area contributed by atoms with Crippen molar-refractivity contribution in [1.29, 1.82) is 0 Å². The van der Waals surface area contributed by atoms with Gasteiger partial charge in [-0.3, -0.25) is 9.59 Å². The molecule has 8 nitrogen and oxygen atoms in total. The standard InChI is InChI=1S/C37H43N3O5S/c1-5-9-33-39-34-24(4)19-27(36(42)38-30(18-23(2)3)35(46-22-41)32-12-8-17-45-32)20-31(34)40(33)21-25-13-15-26(16-14-25)28-10-6-7-11-29(28)37(43)44/h6-7,10-11,13-16,19-20,22-23,30,32,35H,5,8-9,12,17-18,21H2,1-4H3,(H,38,42)(H,43,44)/t30-,32+,35?/m1/s1. The number of ether oxygens (including phenoxy) is 1. The Morgan fingerprint density at radius 1 is 1.15 bits per heavy atom. The summed E-state index contributed by atoms with van der Waals surface area (Å²) in [5.74, 6) is 0.158. The largest absolute Gasteiger partial charge is 0.478 e. The molecule has 4 aromatic rings. The van der Waals surface area contributed by atoms with Gasteiger partial charge in [-0.2, -0.15) is 0 Å². The van der Waals surface area contributed by atoms with Gasteiger partial charge in [0.25, 0.3) is 5.91 Å². The van der Waals surface area contributed by atoms with Crippen molar-refractivity contribution in [2.45, 2.75) is 83.7 Å². The van der Waals surface area contributed by atoms with E-state index >= 15 is 0 Å². The van der Waals surface area contributed by atoms with Crippen LogP contribution < -0.4 is 5.32 Å². The summed E-state index contributed by atoms with van der Waals surface area (Å²) in [4.78, 5) is 42.3. The number of carboxylic acids is 1. The Kier molecular flexibility index (Phi) is 11.0. The van der Waals surface area contributed by atoms with Crippen LogP contribution in [0.3, 0.4) is 0 Å². The van der Waals surface area contributed by atoms with Crippen molar-refractivity contribution < 1.29 is 24.2 Å². The number of aryl methyl sites for hydroxylation is 2. The van der Waals surface area contributed by atoms with Crippen molar-refractivity contribution in [2.24, 2.45) is 5.92 Å². The van der Waals surface area contributed by atoms with Crippen molar-refractivity contribution in [3.8, 4) is 11.1 Å². The minimum Gasteiger partial charge on any atom is -0.478 e. The predicted octanol–water partition coefficient (Wildman–Crippen LogP) is 7.33. The molecule has 1 aliphatic rings. The van der Waals surface area contributed by atoms with E-state index in [1.807, 2.05) is 55.5 Å². The lowest BCUT2D eigenvalue weighted by Crippen LogP contribution is -2.47. The van der Waals surface area contributed by atoms with E-state index in [9.17, 15) is 19.5 Å². The van der Waals surface area contributed by atoms with Crippen LogP contribution in [-0.4, -0.2) is 56.2 Å². The normalized spacial score (nSPS) is 16.1. The summed E-state index contributed by atoms with van der Waals surface area (Å²) < 4.78 is 8.16. The van der Waals surface area contributed by atoms with Crippen molar-refractivity contribution in [3.63, 3.8) is 0 Å². The molecule has 2 N–H and O–H groups in total. The van der Waals surface area contributed by atoms with E-state index in [2.05, 4.69) is 30.7 Å². The number of amides is 1. The zero-order valence-electron chi connectivity index (χ0n) is 27.0. The van der Waals surface area contributed by atoms with Gasteiger partial charge in [0, 0.05) is 31.2 Å². The number of hydrogen-bond acceptors (Lipinski definition) is 6. The van der Waals surface area contributed by atoms with Crippen LogP contribution in [0.15, 0.2) is 60.7 Å². The van der Waals surface area contributed by atoms with Gasteiger partial charge in [0.1, 0.15) is 5.82 Å². The zero-order valence-corrected chi connectivity index (χ0v) is 27.8. The van der Waals surface area contributed by atoms with Crippen LogP contribution in [0.2, 0.25) is 0 Å². The third-order valence-corrected chi connectivity index (χ3v) is 9.66. The molecule has 1 aliphatic heterocycles. The molecule has 3 atom stereocenters.